The third kappa shape index (κ3) is 7.38. The SMILES string of the molecule is COCC(/C=C\S(C)=O)NC(=O)C1(F)CCN(Sc2ccc(Br)cc2-c2ccccc2Cl)CC1. The zero-order chi connectivity index (χ0) is 24.7. The number of carbonyl (C=O) groups is 1. The average molecular weight is 590 g/mol. The van der Waals surface area contributed by atoms with Crippen molar-refractivity contribution in [2.75, 3.05) is 33.1 Å². The number of alkyl halides is 1. The molecule has 184 valence electrons. The van der Waals surface area contributed by atoms with E-state index in [1.54, 1.807) is 6.08 Å². The lowest BCUT2D eigenvalue weighted by Gasteiger charge is -2.35. The second-order valence-corrected chi connectivity index (χ2v) is 11.7. The standard InChI is InChI=1S/C24H27BrClFN2O3S2/c1-32-16-18(9-14-34(2)31)28-23(30)24(27)10-12-29(13-11-24)33-22-8-7-17(25)15-20(22)19-5-3-4-6-21(19)26/h3-9,14-15,18H,10-13,16H2,1-2H3,(H,28,30)/b14-9-. The first-order valence-electron chi connectivity index (χ1n) is 10.7. The van der Waals surface area contributed by atoms with Gasteiger partial charge in [0.2, 0.25) is 0 Å². The molecule has 1 aliphatic heterocycles. The predicted octanol–water partition coefficient (Wildman–Crippen LogP) is 5.60. The van der Waals surface area contributed by atoms with Crippen molar-refractivity contribution in [2.24, 2.45) is 0 Å². The Morgan fingerprint density at radius 2 is 2.03 bits per heavy atom. The van der Waals surface area contributed by atoms with E-state index >= 15 is 4.39 Å². The van der Waals surface area contributed by atoms with E-state index in [-0.39, 0.29) is 19.4 Å². The summed E-state index contributed by atoms with van der Waals surface area (Å²) in [6.07, 6.45) is 3.25. The van der Waals surface area contributed by atoms with Crippen LogP contribution in [0.2, 0.25) is 5.02 Å². The smallest absolute Gasteiger partial charge is 0.258 e. The van der Waals surface area contributed by atoms with Crippen molar-refractivity contribution in [3.8, 4) is 11.1 Å². The third-order valence-electron chi connectivity index (χ3n) is 5.42. The summed E-state index contributed by atoms with van der Waals surface area (Å²) in [7, 11) is 0.331. The molecule has 0 spiro atoms. The summed E-state index contributed by atoms with van der Waals surface area (Å²) in [5.74, 6) is -0.661. The molecule has 0 saturated carbocycles. The summed E-state index contributed by atoms with van der Waals surface area (Å²) in [5, 5.41) is 4.81. The fraction of sp³-hybridized carbons (Fsp3) is 0.375. The molecule has 10 heteroatoms. The van der Waals surface area contributed by atoms with Crippen molar-refractivity contribution in [3.05, 3.63) is 63.4 Å². The molecular weight excluding hydrogens is 563 g/mol. The van der Waals surface area contributed by atoms with E-state index in [2.05, 4.69) is 25.6 Å². The van der Waals surface area contributed by atoms with Crippen molar-refractivity contribution >= 4 is 56.2 Å². The Labute approximate surface area is 220 Å². The molecule has 1 heterocycles. The molecule has 3 rings (SSSR count). The molecule has 0 bridgehead atoms. The van der Waals surface area contributed by atoms with Gasteiger partial charge in [-0.2, -0.15) is 0 Å². The molecule has 0 aliphatic carbocycles. The fourth-order valence-corrected chi connectivity index (χ4v) is 5.65. The number of benzene rings is 2. The van der Waals surface area contributed by atoms with Crippen molar-refractivity contribution in [1.29, 1.82) is 0 Å². The average Bonchev–Trinajstić information content (AvgIpc) is 2.80. The highest BCUT2D eigenvalue weighted by Gasteiger charge is 2.42. The van der Waals surface area contributed by atoms with Crippen LogP contribution in [0.15, 0.2) is 63.3 Å². The van der Waals surface area contributed by atoms with Gasteiger partial charge < -0.3 is 10.1 Å². The summed E-state index contributed by atoms with van der Waals surface area (Å²) in [5.41, 5.74) is -0.0511. The molecule has 2 aromatic carbocycles. The molecule has 1 aliphatic rings. The lowest BCUT2D eigenvalue weighted by Crippen LogP contribution is -2.52. The van der Waals surface area contributed by atoms with Gasteiger partial charge in [-0.05, 0) is 41.8 Å². The van der Waals surface area contributed by atoms with Gasteiger partial charge >= 0.3 is 0 Å². The first-order valence-corrected chi connectivity index (χ1v) is 14.2. The van der Waals surface area contributed by atoms with Gasteiger partial charge in [-0.25, -0.2) is 8.70 Å². The van der Waals surface area contributed by atoms with Gasteiger partial charge in [0, 0.05) is 75.5 Å². The predicted molar refractivity (Wildman–Crippen MR) is 142 cm³/mol. The number of methoxy groups -OCH3 is 1. The number of halogens is 3. The number of rotatable bonds is 9. The van der Waals surface area contributed by atoms with Crippen LogP contribution in [0, 0.1) is 0 Å². The Morgan fingerprint density at radius 1 is 1.32 bits per heavy atom. The minimum atomic E-state index is -1.96. The molecule has 1 amide bonds. The lowest BCUT2D eigenvalue weighted by atomic mass is 9.93. The van der Waals surface area contributed by atoms with Crippen molar-refractivity contribution in [1.82, 2.24) is 9.62 Å². The Kier molecular flexibility index (Phi) is 10.2. The minimum absolute atomic E-state index is 0.0763. The Hall–Kier alpha value is -1.23. The number of piperidine rings is 1. The van der Waals surface area contributed by atoms with E-state index in [1.165, 1.54) is 30.7 Å². The molecule has 0 aromatic heterocycles. The number of nitrogens with zero attached hydrogens (tertiary/aromatic N) is 1. The second kappa shape index (κ2) is 12.6. The quantitative estimate of drug-likeness (QED) is 0.386. The fourth-order valence-electron chi connectivity index (χ4n) is 3.60. The van der Waals surface area contributed by atoms with Gasteiger partial charge in [0.25, 0.3) is 5.91 Å². The highest BCUT2D eigenvalue weighted by atomic mass is 79.9. The van der Waals surface area contributed by atoms with Gasteiger partial charge in [-0.1, -0.05) is 51.8 Å². The van der Waals surface area contributed by atoms with Crippen molar-refractivity contribution < 1.29 is 18.1 Å². The molecule has 34 heavy (non-hydrogen) atoms. The third-order valence-corrected chi connectivity index (χ3v) is 7.96. The van der Waals surface area contributed by atoms with Crippen LogP contribution in [0.3, 0.4) is 0 Å². The van der Waals surface area contributed by atoms with E-state index in [9.17, 15) is 9.00 Å². The summed E-state index contributed by atoms with van der Waals surface area (Å²) < 4.78 is 35.0. The maximum absolute atomic E-state index is 15.5. The summed E-state index contributed by atoms with van der Waals surface area (Å²) in [4.78, 5) is 13.7. The van der Waals surface area contributed by atoms with Crippen LogP contribution in [0.5, 0.6) is 0 Å². The van der Waals surface area contributed by atoms with E-state index < -0.39 is 28.4 Å². The van der Waals surface area contributed by atoms with E-state index in [0.717, 1.165) is 20.5 Å². The minimum Gasteiger partial charge on any atom is -0.382 e. The summed E-state index contributed by atoms with van der Waals surface area (Å²) in [6.45, 7) is 0.999. The maximum atomic E-state index is 15.5. The highest BCUT2D eigenvalue weighted by molar-refractivity contribution is 9.10. The van der Waals surface area contributed by atoms with Gasteiger partial charge in [0.15, 0.2) is 5.67 Å². The molecule has 0 radical (unpaired) electrons. The maximum Gasteiger partial charge on any atom is 0.258 e. The van der Waals surface area contributed by atoms with Gasteiger partial charge in [0.1, 0.15) is 0 Å². The van der Waals surface area contributed by atoms with E-state index in [0.29, 0.717) is 18.1 Å². The number of carbonyl (C=O) groups excluding carboxylic acids is 1. The van der Waals surface area contributed by atoms with Crippen LogP contribution in [0.1, 0.15) is 12.8 Å². The Bertz CT molecular complexity index is 1060. The zero-order valence-corrected chi connectivity index (χ0v) is 22.9. The van der Waals surface area contributed by atoms with Crippen LogP contribution in [0.4, 0.5) is 4.39 Å². The monoisotopic (exact) mass is 588 g/mol. The number of hydrogen-bond acceptors (Lipinski definition) is 5. The van der Waals surface area contributed by atoms with Crippen LogP contribution in [-0.2, 0) is 20.3 Å². The van der Waals surface area contributed by atoms with Crippen LogP contribution in [-0.4, -0.2) is 59.2 Å². The molecule has 2 aromatic rings. The van der Waals surface area contributed by atoms with Crippen molar-refractivity contribution in [3.63, 3.8) is 0 Å². The number of hydrogen-bond donors (Lipinski definition) is 1. The Morgan fingerprint density at radius 3 is 2.68 bits per heavy atom. The normalized spacial score (nSPS) is 18.0. The highest BCUT2D eigenvalue weighted by Crippen LogP contribution is 2.40. The first-order chi connectivity index (χ1) is 16.2. The van der Waals surface area contributed by atoms with Gasteiger partial charge in [-0.3, -0.25) is 9.00 Å². The van der Waals surface area contributed by atoms with Gasteiger partial charge in [0.05, 0.1) is 12.6 Å². The molecule has 1 fully saturated rings. The zero-order valence-electron chi connectivity index (χ0n) is 18.9. The Balaban J connectivity index is 1.67. The molecule has 1 saturated heterocycles. The van der Waals surface area contributed by atoms with Crippen LogP contribution >= 0.6 is 39.5 Å². The molecule has 2 unspecified atom stereocenters. The summed E-state index contributed by atoms with van der Waals surface area (Å²) in [6, 6.07) is 13.1. The van der Waals surface area contributed by atoms with Gasteiger partial charge in [-0.15, -0.1) is 0 Å². The topological polar surface area (TPSA) is 58.6 Å². The number of amides is 1. The molecule has 5 nitrogen and oxygen atoms in total. The molecule has 1 N–H and O–H groups in total. The molecule has 2 atom stereocenters. The van der Waals surface area contributed by atoms with E-state index in [4.69, 9.17) is 16.3 Å². The van der Waals surface area contributed by atoms with Crippen LogP contribution in [0.25, 0.3) is 11.1 Å². The van der Waals surface area contributed by atoms with Crippen LogP contribution < -0.4 is 5.32 Å². The first kappa shape index (κ1) is 27.4. The lowest BCUT2D eigenvalue weighted by molar-refractivity contribution is -0.136. The molecular formula is C24H27BrClFN2O3S2. The summed E-state index contributed by atoms with van der Waals surface area (Å²) >= 11 is 11.5. The second-order valence-electron chi connectivity index (χ2n) is 7.97. The van der Waals surface area contributed by atoms with E-state index in [1.807, 2.05) is 42.5 Å². The number of ether oxygens (including phenoxy) is 1. The largest absolute Gasteiger partial charge is 0.382 e. The van der Waals surface area contributed by atoms with Crippen molar-refractivity contribution in [2.45, 2.75) is 29.4 Å². The number of nitrogens with one attached hydrogen (secondary N) is 1.